The van der Waals surface area contributed by atoms with Crippen LogP contribution in [-0.2, 0) is 11.3 Å². The number of rotatable bonds is 12. The summed E-state index contributed by atoms with van der Waals surface area (Å²) in [5.41, 5.74) is 2.31. The maximum Gasteiger partial charge on any atom is 0.257 e. The molecule has 4 heterocycles. The Labute approximate surface area is 260 Å². The summed E-state index contributed by atoms with van der Waals surface area (Å²) in [7, 11) is 0. The maximum atomic E-state index is 9.35. The molecule has 0 amide bonds. The fourth-order valence-electron chi connectivity index (χ4n) is 5.74. The number of nitrogens with zero attached hydrogens (tertiary/aromatic N) is 9. The third-order valence-electron chi connectivity index (χ3n) is 7.96. The van der Waals surface area contributed by atoms with E-state index in [0.717, 1.165) is 63.1 Å². The van der Waals surface area contributed by atoms with Crippen LogP contribution < -0.4 is 14.8 Å². The number of ether oxygens (including phenoxy) is 3. The molecule has 6 rings (SSSR count). The third-order valence-corrected chi connectivity index (χ3v) is 8.27. The van der Waals surface area contributed by atoms with E-state index in [1.807, 2.05) is 29.9 Å². The minimum atomic E-state index is -0.211. The molecule has 1 atom stereocenters. The van der Waals surface area contributed by atoms with Crippen LogP contribution in [0, 0.1) is 0 Å². The van der Waals surface area contributed by atoms with Crippen molar-refractivity contribution in [2.75, 3.05) is 44.8 Å². The van der Waals surface area contributed by atoms with Crippen LogP contribution >= 0.6 is 11.6 Å². The van der Waals surface area contributed by atoms with Gasteiger partial charge in [0.25, 0.3) is 5.88 Å². The highest BCUT2D eigenvalue weighted by atomic mass is 35.5. The topological polar surface area (TPSA) is 150 Å². The van der Waals surface area contributed by atoms with Gasteiger partial charge in [0.1, 0.15) is 30.5 Å². The molecule has 3 aromatic heterocycles. The monoisotopic (exact) mass is 624 g/mol. The van der Waals surface area contributed by atoms with Gasteiger partial charge in [0.2, 0.25) is 5.95 Å². The first-order chi connectivity index (χ1) is 21.6. The minimum Gasteiger partial charge on any atom is -0.487 e. The Morgan fingerprint density at radius 3 is 2.59 bits per heavy atom. The Balaban J connectivity index is 1.11. The van der Waals surface area contributed by atoms with Gasteiger partial charge in [-0.1, -0.05) is 17.7 Å². The van der Waals surface area contributed by atoms with Crippen LogP contribution in [0.5, 0.6) is 11.6 Å². The molecule has 0 radical (unpaired) electrons. The maximum absolute atomic E-state index is 9.35. The predicted molar refractivity (Wildman–Crippen MR) is 162 cm³/mol. The average Bonchev–Trinajstić information content (AvgIpc) is 3.72. The summed E-state index contributed by atoms with van der Waals surface area (Å²) in [6.45, 7) is 6.10. The van der Waals surface area contributed by atoms with Gasteiger partial charge in [-0.15, -0.1) is 10.2 Å². The largest absolute Gasteiger partial charge is 0.487 e. The number of aliphatic hydroxyl groups is 1. The molecule has 2 aliphatic rings. The van der Waals surface area contributed by atoms with E-state index in [2.05, 4.69) is 35.7 Å². The highest BCUT2D eigenvalue weighted by Gasteiger charge is 2.29. The van der Waals surface area contributed by atoms with Crippen molar-refractivity contribution in [3.63, 3.8) is 0 Å². The molecule has 1 saturated heterocycles. The number of hydrogen-bond donors (Lipinski definition) is 2. The Kier molecular flexibility index (Phi) is 9.80. The fraction of sp³-hybridized carbons (Fsp3) is 0.517. The standard InChI is InChI=1S/C29H37ClN10O4/c1-20(17-39-19-33-36-37-39)44-27-14-21(2-7-25(27)30)22-15-31-29(32-16-22)34-26-18-40(35-28(26)43-13-10-41)24-5-3-23(4-6-24)38-8-11-42-12-9-38/h2,7,14-16,18-20,23-24,41H,3-6,8-13,17H2,1H3,(H,31,32,34). The van der Waals surface area contributed by atoms with Crippen LogP contribution in [0.2, 0.25) is 5.02 Å². The number of nitrogens with one attached hydrogen (secondary N) is 1. The molecule has 1 aliphatic carbocycles. The molecule has 1 aromatic carbocycles. The lowest BCUT2D eigenvalue weighted by molar-refractivity contribution is 0.00502. The summed E-state index contributed by atoms with van der Waals surface area (Å²) in [5, 5.41) is 29.0. The normalized spacial score (nSPS) is 19.9. The number of halogens is 1. The van der Waals surface area contributed by atoms with Crippen molar-refractivity contribution in [2.24, 2.45) is 0 Å². The van der Waals surface area contributed by atoms with Crippen molar-refractivity contribution in [2.45, 2.75) is 57.3 Å². The van der Waals surface area contributed by atoms with Gasteiger partial charge in [0, 0.05) is 37.1 Å². The van der Waals surface area contributed by atoms with Gasteiger partial charge in [-0.3, -0.25) is 9.58 Å². The van der Waals surface area contributed by atoms with Crippen LogP contribution in [0.1, 0.15) is 38.6 Å². The molecular weight excluding hydrogens is 588 g/mol. The smallest absolute Gasteiger partial charge is 0.257 e. The Morgan fingerprint density at radius 1 is 1.09 bits per heavy atom. The lowest BCUT2D eigenvalue weighted by Crippen LogP contribution is -2.45. The van der Waals surface area contributed by atoms with E-state index < -0.39 is 0 Å². The van der Waals surface area contributed by atoms with Crippen LogP contribution in [0.3, 0.4) is 0 Å². The second-order valence-electron chi connectivity index (χ2n) is 11.0. The van der Waals surface area contributed by atoms with Crippen LogP contribution in [-0.4, -0.2) is 102 Å². The number of aliphatic hydroxyl groups excluding tert-OH is 1. The van der Waals surface area contributed by atoms with Crippen molar-refractivity contribution in [1.29, 1.82) is 0 Å². The molecule has 1 unspecified atom stereocenters. The molecular formula is C29H37ClN10O4. The zero-order valence-corrected chi connectivity index (χ0v) is 25.4. The highest BCUT2D eigenvalue weighted by molar-refractivity contribution is 6.32. The summed E-state index contributed by atoms with van der Waals surface area (Å²) in [6, 6.07) is 6.42. The number of benzene rings is 1. The van der Waals surface area contributed by atoms with Gasteiger partial charge in [0.15, 0.2) is 0 Å². The summed E-state index contributed by atoms with van der Waals surface area (Å²) in [4.78, 5) is 11.6. The van der Waals surface area contributed by atoms with Gasteiger partial charge < -0.3 is 24.6 Å². The molecule has 15 heteroatoms. The third kappa shape index (κ3) is 7.44. The van der Waals surface area contributed by atoms with E-state index in [1.165, 1.54) is 6.33 Å². The quantitative estimate of drug-likeness (QED) is 0.238. The van der Waals surface area contributed by atoms with Gasteiger partial charge in [-0.05, 0) is 60.7 Å². The van der Waals surface area contributed by atoms with Gasteiger partial charge in [-0.25, -0.2) is 14.6 Å². The first-order valence-corrected chi connectivity index (χ1v) is 15.3. The zero-order valence-electron chi connectivity index (χ0n) is 24.6. The number of morpholine rings is 1. The summed E-state index contributed by atoms with van der Waals surface area (Å²) in [5.74, 6) is 1.36. The number of aromatic nitrogens is 8. The first-order valence-electron chi connectivity index (χ1n) is 15.0. The van der Waals surface area contributed by atoms with Crippen molar-refractivity contribution in [3.05, 3.63) is 48.1 Å². The second kappa shape index (κ2) is 14.3. The second-order valence-corrected chi connectivity index (χ2v) is 11.4. The Hall–Kier alpha value is -3.85. The van der Waals surface area contributed by atoms with E-state index in [4.69, 9.17) is 30.9 Å². The van der Waals surface area contributed by atoms with E-state index in [9.17, 15) is 5.11 Å². The molecule has 1 aliphatic heterocycles. The van der Waals surface area contributed by atoms with E-state index in [0.29, 0.717) is 40.9 Å². The van der Waals surface area contributed by atoms with Crippen molar-refractivity contribution < 1.29 is 19.3 Å². The number of hydrogen-bond acceptors (Lipinski definition) is 12. The molecule has 4 aromatic rings. The van der Waals surface area contributed by atoms with E-state index >= 15 is 0 Å². The Morgan fingerprint density at radius 2 is 1.86 bits per heavy atom. The van der Waals surface area contributed by atoms with Crippen molar-refractivity contribution >= 4 is 23.2 Å². The highest BCUT2D eigenvalue weighted by Crippen LogP contribution is 2.35. The molecule has 2 fully saturated rings. The molecule has 2 N–H and O–H groups in total. The number of anilines is 2. The van der Waals surface area contributed by atoms with Crippen LogP contribution in [0.4, 0.5) is 11.6 Å². The fourth-order valence-corrected chi connectivity index (χ4v) is 5.91. The SMILES string of the molecule is CC(Cn1cnnn1)Oc1cc(-c2cnc(Nc3cn(C4CCC(N5CCOCC5)CC4)nc3OCCO)nc2)ccc1Cl. The summed E-state index contributed by atoms with van der Waals surface area (Å²) >= 11 is 6.42. The lowest BCUT2D eigenvalue weighted by Gasteiger charge is -2.38. The number of tetrazole rings is 1. The van der Waals surface area contributed by atoms with E-state index in [-0.39, 0.29) is 25.4 Å². The van der Waals surface area contributed by atoms with Gasteiger partial charge >= 0.3 is 0 Å². The van der Waals surface area contributed by atoms with Gasteiger partial charge in [0.05, 0.1) is 43.6 Å². The predicted octanol–water partition coefficient (Wildman–Crippen LogP) is 3.38. The molecule has 0 bridgehead atoms. The van der Waals surface area contributed by atoms with Gasteiger partial charge in [-0.2, -0.15) is 0 Å². The minimum absolute atomic E-state index is 0.106. The van der Waals surface area contributed by atoms with Crippen LogP contribution in [0.25, 0.3) is 11.1 Å². The summed E-state index contributed by atoms with van der Waals surface area (Å²) < 4.78 is 20.9. The van der Waals surface area contributed by atoms with Crippen molar-refractivity contribution in [1.82, 2.24) is 44.9 Å². The lowest BCUT2D eigenvalue weighted by atomic mass is 9.90. The molecule has 44 heavy (non-hydrogen) atoms. The molecule has 14 nitrogen and oxygen atoms in total. The first kappa shape index (κ1) is 30.2. The van der Waals surface area contributed by atoms with Crippen LogP contribution in [0.15, 0.2) is 43.1 Å². The Bertz CT molecular complexity index is 1470. The van der Waals surface area contributed by atoms with E-state index in [1.54, 1.807) is 23.1 Å². The molecule has 1 saturated carbocycles. The zero-order chi connectivity index (χ0) is 30.3. The molecule has 0 spiro atoms. The van der Waals surface area contributed by atoms with Crippen molar-refractivity contribution in [3.8, 4) is 22.8 Å². The molecule has 234 valence electrons. The summed E-state index contributed by atoms with van der Waals surface area (Å²) in [6.07, 6.45) is 11.1. The average molecular weight is 625 g/mol.